The first kappa shape index (κ1) is 19.2. The van der Waals surface area contributed by atoms with Crippen LogP contribution in [-0.4, -0.2) is 39.2 Å². The van der Waals surface area contributed by atoms with Gasteiger partial charge in [-0.25, -0.2) is 0 Å². The number of aromatic hydroxyl groups is 1. The predicted octanol–water partition coefficient (Wildman–Crippen LogP) is 2.60. The van der Waals surface area contributed by atoms with Gasteiger partial charge in [0, 0.05) is 24.3 Å². The second-order valence-electron chi connectivity index (χ2n) is 6.05. The first-order chi connectivity index (χ1) is 10.9. The Kier molecular flexibility index (Phi) is 7.81. The Morgan fingerprint density at radius 1 is 1.35 bits per heavy atom. The van der Waals surface area contributed by atoms with Gasteiger partial charge in [0.2, 0.25) is 5.43 Å². The van der Waals surface area contributed by atoms with Crippen molar-refractivity contribution >= 4 is 5.97 Å². The molecule has 6 nitrogen and oxygen atoms in total. The third kappa shape index (κ3) is 6.06. The van der Waals surface area contributed by atoms with Gasteiger partial charge in [0.15, 0.2) is 5.75 Å². The highest BCUT2D eigenvalue weighted by Gasteiger charge is 2.16. The summed E-state index contributed by atoms with van der Waals surface area (Å²) in [4.78, 5) is 24.2. The summed E-state index contributed by atoms with van der Waals surface area (Å²) in [6.45, 7) is 4.49. The van der Waals surface area contributed by atoms with Gasteiger partial charge >= 0.3 is 5.97 Å². The monoisotopic (exact) mass is 324 g/mol. The molecule has 0 bridgehead atoms. The molecule has 23 heavy (non-hydrogen) atoms. The van der Waals surface area contributed by atoms with Crippen molar-refractivity contribution in [2.75, 3.05) is 13.6 Å². The maximum absolute atomic E-state index is 11.8. The number of nitrogens with zero attached hydrogens (tertiary/aromatic N) is 2. The van der Waals surface area contributed by atoms with Crippen LogP contribution in [0.3, 0.4) is 0 Å². The average Bonchev–Trinajstić information content (AvgIpc) is 2.47. The zero-order chi connectivity index (χ0) is 17.4. The average molecular weight is 324 g/mol. The Labute approximate surface area is 137 Å². The van der Waals surface area contributed by atoms with Gasteiger partial charge in [0.25, 0.3) is 0 Å². The van der Waals surface area contributed by atoms with Gasteiger partial charge in [-0.2, -0.15) is 0 Å². The summed E-state index contributed by atoms with van der Waals surface area (Å²) in [5.41, 5.74) is 0.309. The minimum absolute atomic E-state index is 0.0955. The van der Waals surface area contributed by atoms with Gasteiger partial charge in [-0.15, -0.1) is 0 Å². The van der Waals surface area contributed by atoms with Gasteiger partial charge in [0.1, 0.15) is 0 Å². The quantitative estimate of drug-likeness (QED) is 0.646. The topological polar surface area (TPSA) is 82.8 Å². The van der Waals surface area contributed by atoms with Crippen molar-refractivity contribution in [3.05, 3.63) is 28.2 Å². The number of carboxylic acid groups (broad SMARTS) is 1. The van der Waals surface area contributed by atoms with Gasteiger partial charge in [-0.1, -0.05) is 33.1 Å². The summed E-state index contributed by atoms with van der Waals surface area (Å²) < 4.78 is 1.94. The third-order valence-corrected chi connectivity index (χ3v) is 3.99. The first-order valence-electron chi connectivity index (χ1n) is 8.23. The highest BCUT2D eigenvalue weighted by molar-refractivity contribution is 5.69. The fourth-order valence-corrected chi connectivity index (χ4v) is 2.78. The molecule has 130 valence electrons. The van der Waals surface area contributed by atoms with Gasteiger partial charge in [0.05, 0.1) is 12.7 Å². The zero-order valence-corrected chi connectivity index (χ0v) is 14.3. The molecule has 2 N–H and O–H groups in total. The standard InChI is InChI=1S/C17H28N2O4/c1-4-6-7-8-13(5-2)19-11-16(21)15(20)9-14(19)10-18(3)12-17(22)23/h9,11,13,21H,4-8,10,12H2,1-3H3,(H,22,23). The molecule has 1 heterocycles. The van der Waals surface area contributed by atoms with Crippen molar-refractivity contribution in [1.82, 2.24) is 9.47 Å². The highest BCUT2D eigenvalue weighted by atomic mass is 16.4. The molecule has 0 aliphatic rings. The van der Waals surface area contributed by atoms with E-state index in [-0.39, 0.29) is 18.3 Å². The van der Waals surface area contributed by atoms with Gasteiger partial charge in [-0.3, -0.25) is 14.5 Å². The van der Waals surface area contributed by atoms with E-state index in [1.54, 1.807) is 11.9 Å². The van der Waals surface area contributed by atoms with E-state index in [2.05, 4.69) is 13.8 Å². The van der Waals surface area contributed by atoms with E-state index in [4.69, 9.17) is 5.11 Å². The van der Waals surface area contributed by atoms with Gasteiger partial charge in [-0.05, 0) is 19.9 Å². The molecule has 1 aromatic rings. The number of hydrogen-bond acceptors (Lipinski definition) is 4. The van der Waals surface area contributed by atoms with Crippen LogP contribution < -0.4 is 5.43 Å². The number of rotatable bonds is 10. The normalized spacial score (nSPS) is 12.5. The Hall–Kier alpha value is -1.82. The van der Waals surface area contributed by atoms with Gasteiger partial charge < -0.3 is 14.8 Å². The van der Waals surface area contributed by atoms with Crippen molar-refractivity contribution in [2.45, 2.75) is 58.5 Å². The van der Waals surface area contributed by atoms with E-state index < -0.39 is 11.4 Å². The summed E-state index contributed by atoms with van der Waals surface area (Å²) in [7, 11) is 1.70. The second-order valence-corrected chi connectivity index (χ2v) is 6.05. The predicted molar refractivity (Wildman–Crippen MR) is 89.8 cm³/mol. The van der Waals surface area contributed by atoms with E-state index >= 15 is 0 Å². The van der Waals surface area contributed by atoms with Crippen LogP contribution in [-0.2, 0) is 11.3 Å². The van der Waals surface area contributed by atoms with Crippen LogP contribution in [0.15, 0.2) is 17.1 Å². The van der Waals surface area contributed by atoms with E-state index in [0.717, 1.165) is 37.8 Å². The molecule has 0 saturated carbocycles. The Bertz CT molecular complexity index is 568. The minimum Gasteiger partial charge on any atom is -0.503 e. The number of hydrogen-bond donors (Lipinski definition) is 2. The summed E-state index contributed by atoms with van der Waals surface area (Å²) >= 11 is 0. The third-order valence-electron chi connectivity index (χ3n) is 3.99. The molecule has 0 amide bonds. The molecule has 1 aromatic heterocycles. The second kappa shape index (κ2) is 9.35. The highest BCUT2D eigenvalue weighted by Crippen LogP contribution is 2.23. The molecular weight excluding hydrogens is 296 g/mol. The smallest absolute Gasteiger partial charge is 0.317 e. The van der Waals surface area contributed by atoms with Crippen molar-refractivity contribution < 1.29 is 15.0 Å². The summed E-state index contributed by atoms with van der Waals surface area (Å²) in [5, 5.41) is 18.7. The molecule has 0 aromatic carbocycles. The van der Waals surface area contributed by atoms with Crippen LogP contribution in [0.5, 0.6) is 5.75 Å². The number of pyridine rings is 1. The molecule has 0 saturated heterocycles. The van der Waals surface area contributed by atoms with E-state index in [1.807, 2.05) is 4.57 Å². The molecule has 1 rings (SSSR count). The first-order valence-corrected chi connectivity index (χ1v) is 8.23. The number of carboxylic acids is 1. The fraction of sp³-hybridized carbons (Fsp3) is 0.647. The van der Waals surface area contributed by atoms with Crippen molar-refractivity contribution in [2.24, 2.45) is 0 Å². The summed E-state index contributed by atoms with van der Waals surface area (Å²) in [5.74, 6) is -1.17. The maximum Gasteiger partial charge on any atom is 0.317 e. The molecule has 1 atom stereocenters. The Morgan fingerprint density at radius 2 is 2.04 bits per heavy atom. The van der Waals surface area contributed by atoms with Crippen LogP contribution in [0, 0.1) is 0 Å². The molecule has 0 aliphatic carbocycles. The van der Waals surface area contributed by atoms with Crippen LogP contribution >= 0.6 is 0 Å². The number of aliphatic carboxylic acids is 1. The van der Waals surface area contributed by atoms with Crippen LogP contribution in [0.4, 0.5) is 0 Å². The van der Waals surface area contributed by atoms with E-state index in [9.17, 15) is 14.7 Å². The molecular formula is C17H28N2O4. The van der Waals surface area contributed by atoms with Crippen LogP contribution in [0.2, 0.25) is 0 Å². The summed E-state index contributed by atoms with van der Waals surface area (Å²) in [6, 6.07) is 1.61. The lowest BCUT2D eigenvalue weighted by molar-refractivity contribution is -0.138. The fourth-order valence-electron chi connectivity index (χ4n) is 2.78. The number of unbranched alkanes of at least 4 members (excludes halogenated alkanes) is 2. The largest absolute Gasteiger partial charge is 0.503 e. The molecule has 6 heteroatoms. The molecule has 0 fully saturated rings. The minimum atomic E-state index is -0.907. The van der Waals surface area contributed by atoms with Crippen LogP contribution in [0.1, 0.15) is 57.7 Å². The van der Waals surface area contributed by atoms with E-state index in [0.29, 0.717) is 6.54 Å². The zero-order valence-electron chi connectivity index (χ0n) is 14.3. The Balaban J connectivity index is 3.04. The molecule has 0 aliphatic heterocycles. The van der Waals surface area contributed by atoms with Crippen LogP contribution in [0.25, 0.3) is 0 Å². The molecule has 0 radical (unpaired) electrons. The lowest BCUT2D eigenvalue weighted by atomic mass is 10.0. The molecule has 1 unspecified atom stereocenters. The lowest BCUT2D eigenvalue weighted by Crippen LogP contribution is -2.28. The van der Waals surface area contributed by atoms with E-state index in [1.165, 1.54) is 12.3 Å². The number of aromatic nitrogens is 1. The Morgan fingerprint density at radius 3 is 2.61 bits per heavy atom. The van der Waals surface area contributed by atoms with Crippen molar-refractivity contribution in [3.63, 3.8) is 0 Å². The number of carbonyl (C=O) groups is 1. The maximum atomic E-state index is 11.8. The number of likely N-dealkylation sites (N-methyl/N-ethyl adjacent to an activating group) is 1. The SMILES string of the molecule is CCCCCC(CC)n1cc(O)c(=O)cc1CN(C)CC(=O)O. The van der Waals surface area contributed by atoms with Crippen molar-refractivity contribution in [3.8, 4) is 5.75 Å². The summed E-state index contributed by atoms with van der Waals surface area (Å²) in [6.07, 6.45) is 6.74. The lowest BCUT2D eigenvalue weighted by Gasteiger charge is -2.25. The van der Waals surface area contributed by atoms with Crippen molar-refractivity contribution in [1.29, 1.82) is 0 Å². The molecule has 0 spiro atoms.